The number of aliphatic hydroxyl groups excluding tert-OH is 1. The largest absolute Gasteiger partial charge is 0.395 e. The Bertz CT molecular complexity index is 135. The smallest absolute Gasteiger partial charge is 0.0700 e. The monoisotopic (exact) mass is 235 g/mol. The highest BCUT2D eigenvalue weighted by molar-refractivity contribution is 4.62. The lowest BCUT2D eigenvalue weighted by Gasteiger charge is -2.14. The molecule has 2 N–H and O–H groups in total. The van der Waals surface area contributed by atoms with Crippen molar-refractivity contribution in [3.63, 3.8) is 0 Å². The van der Waals surface area contributed by atoms with Crippen molar-refractivity contribution < 1.29 is 19.3 Å². The maximum absolute atomic E-state index is 8.98. The summed E-state index contributed by atoms with van der Waals surface area (Å²) in [6.07, 6.45) is 0.869. The molecule has 0 radical (unpaired) electrons. The minimum Gasteiger partial charge on any atom is -0.395 e. The Labute approximate surface area is 98.1 Å². The first kappa shape index (κ1) is 15.8. The van der Waals surface area contributed by atoms with Gasteiger partial charge in [-0.05, 0) is 13.0 Å². The number of aliphatic hydroxyl groups is 1. The standard InChI is InChI=1S/C11H25NO4/c1-3-12-11(9-13)10-16-6-4-5-15-8-7-14-2/h11-13H,3-10H2,1-2H3. The topological polar surface area (TPSA) is 60.0 Å². The first-order valence-electron chi connectivity index (χ1n) is 5.83. The van der Waals surface area contributed by atoms with Crippen molar-refractivity contribution in [2.75, 3.05) is 53.3 Å². The van der Waals surface area contributed by atoms with Crippen LogP contribution in [0.15, 0.2) is 0 Å². The summed E-state index contributed by atoms with van der Waals surface area (Å²) in [5.74, 6) is 0. The fourth-order valence-electron chi connectivity index (χ4n) is 1.20. The van der Waals surface area contributed by atoms with Gasteiger partial charge in [-0.2, -0.15) is 0 Å². The zero-order valence-electron chi connectivity index (χ0n) is 10.4. The summed E-state index contributed by atoms with van der Waals surface area (Å²) in [6, 6.07) is 0.0411. The summed E-state index contributed by atoms with van der Waals surface area (Å²) < 4.78 is 15.5. The predicted octanol–water partition coefficient (Wildman–Crippen LogP) is 0.0265. The zero-order valence-corrected chi connectivity index (χ0v) is 10.4. The van der Waals surface area contributed by atoms with Crippen LogP contribution in [-0.4, -0.2) is 64.4 Å². The summed E-state index contributed by atoms with van der Waals surface area (Å²) in [4.78, 5) is 0. The van der Waals surface area contributed by atoms with Gasteiger partial charge >= 0.3 is 0 Å². The lowest BCUT2D eigenvalue weighted by molar-refractivity contribution is 0.0433. The van der Waals surface area contributed by atoms with Gasteiger partial charge in [-0.15, -0.1) is 0 Å². The van der Waals surface area contributed by atoms with Crippen molar-refractivity contribution in [2.45, 2.75) is 19.4 Å². The van der Waals surface area contributed by atoms with Gasteiger partial charge in [0.25, 0.3) is 0 Å². The van der Waals surface area contributed by atoms with Crippen molar-refractivity contribution in [1.82, 2.24) is 5.32 Å². The summed E-state index contributed by atoms with van der Waals surface area (Å²) in [6.45, 7) is 6.12. The molecule has 0 aromatic carbocycles. The van der Waals surface area contributed by atoms with Crippen molar-refractivity contribution in [3.8, 4) is 0 Å². The van der Waals surface area contributed by atoms with Crippen LogP contribution in [0.5, 0.6) is 0 Å². The Morgan fingerprint density at radius 1 is 1.12 bits per heavy atom. The molecular weight excluding hydrogens is 210 g/mol. The molecule has 0 fully saturated rings. The first-order valence-corrected chi connectivity index (χ1v) is 5.83. The molecule has 0 bridgehead atoms. The number of rotatable bonds is 12. The molecule has 0 rings (SSSR count). The van der Waals surface area contributed by atoms with E-state index in [9.17, 15) is 0 Å². The fraction of sp³-hybridized carbons (Fsp3) is 1.00. The highest BCUT2D eigenvalue weighted by Crippen LogP contribution is 1.89. The summed E-state index contributed by atoms with van der Waals surface area (Å²) in [5.41, 5.74) is 0. The van der Waals surface area contributed by atoms with E-state index < -0.39 is 0 Å². The SMILES string of the molecule is CCNC(CO)COCCCOCCOC. The van der Waals surface area contributed by atoms with Gasteiger partial charge in [0, 0.05) is 20.3 Å². The van der Waals surface area contributed by atoms with E-state index in [0.717, 1.165) is 13.0 Å². The zero-order chi connectivity index (χ0) is 12.1. The van der Waals surface area contributed by atoms with E-state index in [2.05, 4.69) is 5.32 Å². The lowest BCUT2D eigenvalue weighted by Crippen LogP contribution is -2.36. The van der Waals surface area contributed by atoms with Crippen molar-refractivity contribution >= 4 is 0 Å². The minimum atomic E-state index is 0.0411. The van der Waals surface area contributed by atoms with Crippen LogP contribution in [0, 0.1) is 0 Å². The van der Waals surface area contributed by atoms with Gasteiger partial charge < -0.3 is 24.6 Å². The lowest BCUT2D eigenvalue weighted by atomic mass is 10.3. The fourth-order valence-corrected chi connectivity index (χ4v) is 1.20. The molecule has 1 unspecified atom stereocenters. The van der Waals surface area contributed by atoms with Gasteiger partial charge in [0.05, 0.1) is 32.5 Å². The maximum atomic E-state index is 8.98. The average Bonchev–Trinajstić information content (AvgIpc) is 2.31. The second kappa shape index (κ2) is 12.9. The molecule has 0 aromatic heterocycles. The number of nitrogens with one attached hydrogen (secondary N) is 1. The Hall–Kier alpha value is -0.200. The van der Waals surface area contributed by atoms with Crippen LogP contribution in [-0.2, 0) is 14.2 Å². The first-order chi connectivity index (χ1) is 7.85. The van der Waals surface area contributed by atoms with Crippen LogP contribution < -0.4 is 5.32 Å². The number of likely N-dealkylation sites (N-methyl/N-ethyl adjacent to an activating group) is 1. The van der Waals surface area contributed by atoms with E-state index in [1.54, 1.807) is 7.11 Å². The van der Waals surface area contributed by atoms with Crippen molar-refractivity contribution in [1.29, 1.82) is 0 Å². The summed E-state index contributed by atoms with van der Waals surface area (Å²) >= 11 is 0. The van der Waals surface area contributed by atoms with Gasteiger partial charge in [0.2, 0.25) is 0 Å². The van der Waals surface area contributed by atoms with Crippen LogP contribution in [0.3, 0.4) is 0 Å². The number of methoxy groups -OCH3 is 1. The molecule has 0 saturated carbocycles. The van der Waals surface area contributed by atoms with Crippen molar-refractivity contribution in [2.24, 2.45) is 0 Å². The summed E-state index contributed by atoms with van der Waals surface area (Å²) in [5, 5.41) is 12.1. The van der Waals surface area contributed by atoms with Crippen LogP contribution in [0.2, 0.25) is 0 Å². The van der Waals surface area contributed by atoms with Crippen molar-refractivity contribution in [3.05, 3.63) is 0 Å². The van der Waals surface area contributed by atoms with Gasteiger partial charge in [0.15, 0.2) is 0 Å². The van der Waals surface area contributed by atoms with Gasteiger partial charge in [-0.1, -0.05) is 6.92 Å². The molecule has 5 heteroatoms. The molecular formula is C11H25NO4. The Morgan fingerprint density at radius 2 is 1.88 bits per heavy atom. The Balaban J connectivity index is 3.12. The molecule has 16 heavy (non-hydrogen) atoms. The Kier molecular flexibility index (Phi) is 12.7. The molecule has 0 amide bonds. The molecule has 0 heterocycles. The van der Waals surface area contributed by atoms with E-state index in [1.807, 2.05) is 6.92 Å². The quantitative estimate of drug-likeness (QED) is 0.467. The second-order valence-corrected chi connectivity index (χ2v) is 3.47. The van der Waals surface area contributed by atoms with Crippen LogP contribution in [0.4, 0.5) is 0 Å². The van der Waals surface area contributed by atoms with E-state index in [-0.39, 0.29) is 12.6 Å². The normalized spacial score (nSPS) is 12.9. The number of hydrogen-bond acceptors (Lipinski definition) is 5. The summed E-state index contributed by atoms with van der Waals surface area (Å²) in [7, 11) is 1.65. The molecule has 0 saturated heterocycles. The van der Waals surface area contributed by atoms with Gasteiger partial charge in [-0.3, -0.25) is 0 Å². The van der Waals surface area contributed by atoms with Crippen LogP contribution in [0.25, 0.3) is 0 Å². The van der Waals surface area contributed by atoms with E-state index >= 15 is 0 Å². The molecule has 0 aliphatic heterocycles. The molecule has 1 atom stereocenters. The minimum absolute atomic E-state index is 0.0411. The van der Waals surface area contributed by atoms with E-state index in [0.29, 0.717) is 33.0 Å². The third kappa shape index (κ3) is 10.3. The third-order valence-electron chi connectivity index (χ3n) is 2.04. The molecule has 98 valence electrons. The highest BCUT2D eigenvalue weighted by atomic mass is 16.5. The molecule has 0 spiro atoms. The average molecular weight is 235 g/mol. The van der Waals surface area contributed by atoms with Crippen LogP contribution in [0.1, 0.15) is 13.3 Å². The highest BCUT2D eigenvalue weighted by Gasteiger charge is 2.04. The van der Waals surface area contributed by atoms with Gasteiger partial charge in [-0.25, -0.2) is 0 Å². The van der Waals surface area contributed by atoms with E-state index in [1.165, 1.54) is 0 Å². The second-order valence-electron chi connectivity index (χ2n) is 3.47. The maximum Gasteiger partial charge on any atom is 0.0700 e. The number of hydrogen-bond donors (Lipinski definition) is 2. The molecule has 0 aliphatic carbocycles. The number of ether oxygens (including phenoxy) is 3. The predicted molar refractivity (Wildman–Crippen MR) is 62.7 cm³/mol. The van der Waals surface area contributed by atoms with Gasteiger partial charge in [0.1, 0.15) is 0 Å². The molecule has 0 aromatic rings. The Morgan fingerprint density at radius 3 is 2.50 bits per heavy atom. The van der Waals surface area contributed by atoms with Crippen LogP contribution >= 0.6 is 0 Å². The third-order valence-corrected chi connectivity index (χ3v) is 2.04. The molecule has 0 aliphatic rings. The van der Waals surface area contributed by atoms with E-state index in [4.69, 9.17) is 19.3 Å². The molecule has 5 nitrogen and oxygen atoms in total.